The molecule has 154 valence electrons. The number of benzene rings is 2. The maximum atomic E-state index is 12.7. The highest BCUT2D eigenvalue weighted by Gasteiger charge is 2.23. The molecule has 0 spiro atoms. The second-order valence-corrected chi connectivity index (χ2v) is 6.75. The number of hydrogen-bond acceptors (Lipinski definition) is 6. The van der Waals surface area contributed by atoms with Crippen LogP contribution in [0.1, 0.15) is 28.4 Å². The van der Waals surface area contributed by atoms with E-state index >= 15 is 0 Å². The van der Waals surface area contributed by atoms with Crippen molar-refractivity contribution in [3.8, 4) is 23.0 Å². The summed E-state index contributed by atoms with van der Waals surface area (Å²) in [5, 5.41) is 0. The third kappa shape index (κ3) is 4.45. The Balaban J connectivity index is 1.68. The molecule has 0 aliphatic carbocycles. The standard InChI is InChI=1S/C22H25NO6/c1-14(24)15-5-6-18(19(9-15)26-2)29-13-22(25)23-8-7-16-10-20(27-3)21(28-4)11-17(16)12-23/h5-6,9-11H,7-8,12-13H2,1-4H3. The summed E-state index contributed by atoms with van der Waals surface area (Å²) >= 11 is 0. The van der Waals surface area contributed by atoms with E-state index in [9.17, 15) is 9.59 Å². The minimum atomic E-state index is -0.122. The van der Waals surface area contributed by atoms with Crippen molar-refractivity contribution in [1.82, 2.24) is 4.90 Å². The normalized spacial score (nSPS) is 12.8. The van der Waals surface area contributed by atoms with E-state index in [0.29, 0.717) is 41.7 Å². The Morgan fingerprint density at radius 3 is 2.14 bits per heavy atom. The van der Waals surface area contributed by atoms with E-state index in [1.54, 1.807) is 37.3 Å². The van der Waals surface area contributed by atoms with Crippen LogP contribution in [-0.4, -0.2) is 51.1 Å². The van der Waals surface area contributed by atoms with Gasteiger partial charge in [0.05, 0.1) is 21.3 Å². The minimum Gasteiger partial charge on any atom is -0.493 e. The summed E-state index contributed by atoms with van der Waals surface area (Å²) in [6.45, 7) is 2.46. The number of hydrogen-bond donors (Lipinski definition) is 0. The fourth-order valence-corrected chi connectivity index (χ4v) is 3.33. The lowest BCUT2D eigenvalue weighted by Crippen LogP contribution is -2.38. The predicted octanol–water partition coefficient (Wildman–Crippen LogP) is 2.88. The van der Waals surface area contributed by atoms with Gasteiger partial charge in [-0.1, -0.05) is 0 Å². The van der Waals surface area contributed by atoms with E-state index in [2.05, 4.69) is 0 Å². The molecule has 7 nitrogen and oxygen atoms in total. The van der Waals surface area contributed by atoms with Gasteiger partial charge in [-0.05, 0) is 54.8 Å². The quantitative estimate of drug-likeness (QED) is 0.667. The van der Waals surface area contributed by atoms with E-state index in [0.717, 1.165) is 17.5 Å². The Morgan fingerprint density at radius 2 is 1.52 bits per heavy atom. The largest absolute Gasteiger partial charge is 0.493 e. The molecule has 0 bridgehead atoms. The molecule has 0 N–H and O–H groups in total. The highest BCUT2D eigenvalue weighted by atomic mass is 16.5. The lowest BCUT2D eigenvalue weighted by Gasteiger charge is -2.29. The first-order valence-electron chi connectivity index (χ1n) is 9.30. The van der Waals surface area contributed by atoms with E-state index in [4.69, 9.17) is 18.9 Å². The second kappa shape index (κ2) is 8.86. The second-order valence-electron chi connectivity index (χ2n) is 6.75. The Bertz CT molecular complexity index is 924. The van der Waals surface area contributed by atoms with E-state index in [1.807, 2.05) is 12.1 Å². The molecule has 0 unspecified atom stereocenters. The van der Waals surface area contributed by atoms with E-state index in [1.165, 1.54) is 14.0 Å². The summed E-state index contributed by atoms with van der Waals surface area (Å²) in [4.78, 5) is 25.9. The van der Waals surface area contributed by atoms with Crippen LogP contribution in [0.3, 0.4) is 0 Å². The van der Waals surface area contributed by atoms with Crippen molar-refractivity contribution in [1.29, 1.82) is 0 Å². The van der Waals surface area contributed by atoms with Crippen LogP contribution in [0.5, 0.6) is 23.0 Å². The average molecular weight is 399 g/mol. The van der Waals surface area contributed by atoms with Crippen molar-refractivity contribution in [3.63, 3.8) is 0 Å². The molecule has 0 saturated heterocycles. The molecule has 0 atom stereocenters. The summed E-state index contributed by atoms with van der Waals surface area (Å²) < 4.78 is 21.7. The van der Waals surface area contributed by atoms with Crippen LogP contribution in [0.15, 0.2) is 30.3 Å². The zero-order valence-corrected chi connectivity index (χ0v) is 17.1. The molecule has 29 heavy (non-hydrogen) atoms. The number of amides is 1. The number of Topliss-reactive ketones (excluding diaryl/α,β-unsaturated/α-hetero) is 1. The lowest BCUT2D eigenvalue weighted by atomic mass is 9.99. The zero-order chi connectivity index (χ0) is 21.0. The number of nitrogens with zero attached hydrogens (tertiary/aromatic N) is 1. The molecule has 0 fully saturated rings. The molecule has 3 rings (SSSR count). The summed E-state index contributed by atoms with van der Waals surface area (Å²) in [6.07, 6.45) is 0.734. The smallest absolute Gasteiger partial charge is 0.260 e. The number of methoxy groups -OCH3 is 3. The van der Waals surface area contributed by atoms with Gasteiger partial charge in [-0.3, -0.25) is 9.59 Å². The summed E-state index contributed by atoms with van der Waals surface area (Å²) in [7, 11) is 4.70. The first-order chi connectivity index (χ1) is 14.0. The van der Waals surface area contributed by atoms with Gasteiger partial charge in [0.2, 0.25) is 0 Å². The van der Waals surface area contributed by atoms with Gasteiger partial charge >= 0.3 is 0 Å². The van der Waals surface area contributed by atoms with Crippen molar-refractivity contribution >= 4 is 11.7 Å². The Morgan fingerprint density at radius 1 is 0.897 bits per heavy atom. The minimum absolute atomic E-state index is 0.0648. The molecule has 0 radical (unpaired) electrons. The van der Waals surface area contributed by atoms with Crippen molar-refractivity contribution < 1.29 is 28.5 Å². The van der Waals surface area contributed by atoms with Gasteiger partial charge in [-0.2, -0.15) is 0 Å². The molecule has 1 aliphatic heterocycles. The van der Waals surface area contributed by atoms with Crippen LogP contribution in [0.25, 0.3) is 0 Å². The molecule has 2 aromatic rings. The Hall–Kier alpha value is -3.22. The summed E-state index contributed by atoms with van der Waals surface area (Å²) in [5.41, 5.74) is 2.71. The Labute approximate surface area is 170 Å². The van der Waals surface area contributed by atoms with Crippen LogP contribution >= 0.6 is 0 Å². The van der Waals surface area contributed by atoms with Crippen LogP contribution in [0.2, 0.25) is 0 Å². The van der Waals surface area contributed by atoms with E-state index < -0.39 is 0 Å². The fraction of sp³-hybridized carbons (Fsp3) is 0.364. The number of fused-ring (bicyclic) bond motifs is 1. The molecule has 7 heteroatoms. The van der Waals surface area contributed by atoms with Gasteiger partial charge in [-0.25, -0.2) is 0 Å². The molecule has 1 amide bonds. The molecule has 1 heterocycles. The van der Waals surface area contributed by atoms with Gasteiger partial charge in [0.15, 0.2) is 35.4 Å². The van der Waals surface area contributed by atoms with E-state index in [-0.39, 0.29) is 18.3 Å². The zero-order valence-electron chi connectivity index (χ0n) is 17.1. The lowest BCUT2D eigenvalue weighted by molar-refractivity contribution is -0.134. The van der Waals surface area contributed by atoms with Gasteiger partial charge < -0.3 is 23.8 Å². The SMILES string of the molecule is COc1cc2c(cc1OC)CN(C(=O)COc1ccc(C(C)=O)cc1OC)CC2. The first-order valence-corrected chi connectivity index (χ1v) is 9.30. The fourth-order valence-electron chi connectivity index (χ4n) is 3.33. The number of ketones is 1. The maximum Gasteiger partial charge on any atom is 0.260 e. The molecule has 1 aliphatic rings. The summed E-state index contributed by atoms with van der Waals surface area (Å²) in [5.74, 6) is 2.00. The van der Waals surface area contributed by atoms with Crippen molar-refractivity contribution in [2.75, 3.05) is 34.5 Å². The van der Waals surface area contributed by atoms with Gasteiger partial charge in [0.25, 0.3) is 5.91 Å². The van der Waals surface area contributed by atoms with Crippen molar-refractivity contribution in [2.24, 2.45) is 0 Å². The van der Waals surface area contributed by atoms with Gasteiger partial charge in [-0.15, -0.1) is 0 Å². The van der Waals surface area contributed by atoms with Gasteiger partial charge in [0.1, 0.15) is 0 Å². The molecule has 2 aromatic carbocycles. The molecular weight excluding hydrogens is 374 g/mol. The highest BCUT2D eigenvalue weighted by Crippen LogP contribution is 2.33. The monoisotopic (exact) mass is 399 g/mol. The number of carbonyl (C=O) groups excluding carboxylic acids is 2. The highest BCUT2D eigenvalue weighted by molar-refractivity contribution is 5.94. The molecular formula is C22H25NO6. The summed E-state index contributed by atoms with van der Waals surface area (Å²) in [6, 6.07) is 8.79. The van der Waals surface area contributed by atoms with Crippen LogP contribution in [-0.2, 0) is 17.8 Å². The number of ether oxygens (including phenoxy) is 4. The first kappa shape index (κ1) is 20.5. The van der Waals surface area contributed by atoms with Gasteiger partial charge in [0, 0.05) is 18.7 Å². The molecule has 0 aromatic heterocycles. The Kier molecular flexibility index (Phi) is 6.26. The van der Waals surface area contributed by atoms with Crippen molar-refractivity contribution in [3.05, 3.63) is 47.0 Å². The van der Waals surface area contributed by atoms with Crippen LogP contribution in [0.4, 0.5) is 0 Å². The van der Waals surface area contributed by atoms with Crippen LogP contribution < -0.4 is 18.9 Å². The van der Waals surface area contributed by atoms with Crippen LogP contribution in [0, 0.1) is 0 Å². The molecule has 0 saturated carbocycles. The van der Waals surface area contributed by atoms with Crippen molar-refractivity contribution in [2.45, 2.75) is 19.9 Å². The topological polar surface area (TPSA) is 74.3 Å². The number of rotatable bonds is 7. The third-order valence-electron chi connectivity index (χ3n) is 4.99. The predicted molar refractivity (Wildman–Crippen MR) is 107 cm³/mol. The third-order valence-corrected chi connectivity index (χ3v) is 4.99. The average Bonchev–Trinajstić information content (AvgIpc) is 2.75. The number of carbonyl (C=O) groups is 2. The maximum absolute atomic E-state index is 12.7.